The molecule has 0 aliphatic heterocycles. The van der Waals surface area contributed by atoms with E-state index >= 15 is 0 Å². The molecule has 2 N–H and O–H groups in total. The molecule has 4 nitrogen and oxygen atoms in total. The Bertz CT molecular complexity index is 327. The summed E-state index contributed by atoms with van der Waals surface area (Å²) in [5.41, 5.74) is 5.55. The molecule has 0 atom stereocenters. The number of nitrogens with two attached hydrogens (primary N) is 1. The van der Waals surface area contributed by atoms with Gasteiger partial charge in [-0.2, -0.15) is 0 Å². The number of rotatable bonds is 8. The third-order valence-corrected chi connectivity index (χ3v) is 3.10. The number of halogens is 1. The predicted octanol–water partition coefficient (Wildman–Crippen LogP) is 1.76. The monoisotopic (exact) mass is 244 g/mol. The van der Waals surface area contributed by atoms with Crippen molar-refractivity contribution in [3.05, 3.63) is 18.5 Å². The summed E-state index contributed by atoms with van der Waals surface area (Å²) in [5, 5.41) is 8.89. The summed E-state index contributed by atoms with van der Waals surface area (Å²) in [6, 6.07) is 0. The molecule has 1 heterocycles. The lowest BCUT2D eigenvalue weighted by Gasteiger charge is -2.05. The summed E-state index contributed by atoms with van der Waals surface area (Å²) in [6.07, 6.45) is 3.24. The van der Waals surface area contributed by atoms with Crippen LogP contribution in [0.3, 0.4) is 0 Å². The summed E-state index contributed by atoms with van der Waals surface area (Å²) >= 11 is 1.58. The molecule has 0 fully saturated rings. The lowest BCUT2D eigenvalue weighted by molar-refractivity contribution is 0.470. The van der Waals surface area contributed by atoms with Gasteiger partial charge in [-0.05, 0) is 12.8 Å². The van der Waals surface area contributed by atoms with Crippen LogP contribution in [0.1, 0.15) is 18.7 Å². The highest BCUT2D eigenvalue weighted by atomic mass is 32.2. The first-order valence-corrected chi connectivity index (χ1v) is 6.23. The zero-order chi connectivity index (χ0) is 11.8. The average Bonchev–Trinajstić information content (AvgIpc) is 2.68. The van der Waals surface area contributed by atoms with Crippen LogP contribution in [-0.2, 0) is 13.1 Å². The Morgan fingerprint density at radius 3 is 2.88 bits per heavy atom. The summed E-state index contributed by atoms with van der Waals surface area (Å²) in [5.74, 6) is 1.61. The van der Waals surface area contributed by atoms with Gasteiger partial charge in [-0.1, -0.05) is 17.8 Å². The second-order valence-corrected chi connectivity index (χ2v) is 4.31. The van der Waals surface area contributed by atoms with Gasteiger partial charge >= 0.3 is 0 Å². The molecule has 0 radical (unpaired) electrons. The molecule has 0 unspecified atom stereocenters. The van der Waals surface area contributed by atoms with E-state index in [1.54, 1.807) is 17.8 Å². The van der Waals surface area contributed by atoms with Crippen molar-refractivity contribution >= 4 is 11.8 Å². The van der Waals surface area contributed by atoms with Gasteiger partial charge in [0.15, 0.2) is 5.16 Å². The number of hydrogen-bond acceptors (Lipinski definition) is 4. The van der Waals surface area contributed by atoms with E-state index in [0.717, 1.165) is 23.2 Å². The SMILES string of the molecule is C=CCn1c(CN)nnc1SCCCCF. The van der Waals surface area contributed by atoms with Gasteiger partial charge in [0.05, 0.1) is 13.2 Å². The molecule has 0 aliphatic carbocycles. The highest BCUT2D eigenvalue weighted by Crippen LogP contribution is 2.18. The minimum atomic E-state index is -0.256. The zero-order valence-corrected chi connectivity index (χ0v) is 10.0. The number of aromatic nitrogens is 3. The van der Waals surface area contributed by atoms with Gasteiger partial charge in [-0.3, -0.25) is 4.39 Å². The van der Waals surface area contributed by atoms with Crippen LogP contribution in [0, 0.1) is 0 Å². The first-order valence-electron chi connectivity index (χ1n) is 5.25. The lowest BCUT2D eigenvalue weighted by atomic mass is 10.4. The number of unbranched alkanes of at least 4 members (excludes halogenated alkanes) is 1. The molecule has 1 rings (SSSR count). The Hall–Kier alpha value is -0.880. The van der Waals surface area contributed by atoms with Crippen molar-refractivity contribution in [1.82, 2.24) is 14.8 Å². The highest BCUT2D eigenvalue weighted by molar-refractivity contribution is 7.99. The Balaban J connectivity index is 2.56. The fourth-order valence-corrected chi connectivity index (χ4v) is 2.21. The Morgan fingerprint density at radius 2 is 2.25 bits per heavy atom. The molecular weight excluding hydrogens is 227 g/mol. The van der Waals surface area contributed by atoms with E-state index in [4.69, 9.17) is 5.73 Å². The van der Waals surface area contributed by atoms with Crippen LogP contribution < -0.4 is 5.73 Å². The fourth-order valence-electron chi connectivity index (χ4n) is 1.25. The Kier molecular flexibility index (Phi) is 6.10. The maximum absolute atomic E-state index is 11.9. The molecule has 0 amide bonds. The van der Waals surface area contributed by atoms with Gasteiger partial charge in [0.1, 0.15) is 5.82 Å². The average molecular weight is 244 g/mol. The van der Waals surface area contributed by atoms with Crippen LogP contribution in [0.15, 0.2) is 17.8 Å². The van der Waals surface area contributed by atoms with Crippen molar-refractivity contribution < 1.29 is 4.39 Å². The summed E-state index contributed by atoms with van der Waals surface area (Å²) in [7, 11) is 0. The molecule has 0 spiro atoms. The molecule has 1 aromatic rings. The van der Waals surface area contributed by atoms with Crippen molar-refractivity contribution in [2.45, 2.75) is 31.1 Å². The molecule has 0 aliphatic rings. The largest absolute Gasteiger partial charge is 0.324 e. The normalized spacial score (nSPS) is 10.6. The van der Waals surface area contributed by atoms with E-state index in [2.05, 4.69) is 16.8 Å². The van der Waals surface area contributed by atoms with Crippen LogP contribution in [0.4, 0.5) is 4.39 Å². The van der Waals surface area contributed by atoms with E-state index < -0.39 is 0 Å². The third kappa shape index (κ3) is 3.61. The van der Waals surface area contributed by atoms with E-state index in [9.17, 15) is 4.39 Å². The molecule has 1 aromatic heterocycles. The summed E-state index contributed by atoms with van der Waals surface area (Å²) in [6.45, 7) is 4.45. The Morgan fingerprint density at radius 1 is 1.44 bits per heavy atom. The third-order valence-electron chi connectivity index (χ3n) is 2.05. The van der Waals surface area contributed by atoms with Crippen LogP contribution in [0.5, 0.6) is 0 Å². The van der Waals surface area contributed by atoms with E-state index in [1.807, 2.05) is 4.57 Å². The first kappa shape index (κ1) is 13.2. The molecule has 0 bridgehead atoms. The fraction of sp³-hybridized carbons (Fsp3) is 0.600. The molecule has 6 heteroatoms. The van der Waals surface area contributed by atoms with E-state index in [0.29, 0.717) is 19.5 Å². The topological polar surface area (TPSA) is 56.7 Å². The van der Waals surface area contributed by atoms with Crippen molar-refractivity contribution in [2.24, 2.45) is 5.73 Å². The quantitative estimate of drug-likeness (QED) is 0.430. The number of hydrogen-bond donors (Lipinski definition) is 1. The van der Waals surface area contributed by atoms with Crippen molar-refractivity contribution in [1.29, 1.82) is 0 Å². The number of allylic oxidation sites excluding steroid dienone is 1. The van der Waals surface area contributed by atoms with Crippen LogP contribution >= 0.6 is 11.8 Å². The summed E-state index contributed by atoms with van der Waals surface area (Å²) in [4.78, 5) is 0. The molecule has 0 aromatic carbocycles. The second kappa shape index (κ2) is 7.40. The first-order chi connectivity index (χ1) is 7.83. The van der Waals surface area contributed by atoms with Gasteiger partial charge in [-0.25, -0.2) is 0 Å². The molecule has 90 valence electrons. The van der Waals surface area contributed by atoms with Gasteiger partial charge in [0.25, 0.3) is 0 Å². The van der Waals surface area contributed by atoms with Crippen LogP contribution in [-0.4, -0.2) is 27.2 Å². The van der Waals surface area contributed by atoms with Gasteiger partial charge in [-0.15, -0.1) is 16.8 Å². The minimum Gasteiger partial charge on any atom is -0.324 e. The summed E-state index contributed by atoms with van der Waals surface area (Å²) < 4.78 is 13.8. The Labute approximate surface area is 99.1 Å². The molecule has 16 heavy (non-hydrogen) atoms. The zero-order valence-electron chi connectivity index (χ0n) is 9.23. The highest BCUT2D eigenvalue weighted by Gasteiger charge is 2.09. The van der Waals surface area contributed by atoms with Crippen molar-refractivity contribution in [3.8, 4) is 0 Å². The van der Waals surface area contributed by atoms with Gasteiger partial charge in [0.2, 0.25) is 0 Å². The maximum atomic E-state index is 11.9. The van der Waals surface area contributed by atoms with Crippen molar-refractivity contribution in [3.63, 3.8) is 0 Å². The lowest BCUT2D eigenvalue weighted by Crippen LogP contribution is -2.08. The number of nitrogens with zero attached hydrogens (tertiary/aromatic N) is 3. The molecular formula is C10H17FN4S. The van der Waals surface area contributed by atoms with Gasteiger partial charge < -0.3 is 10.3 Å². The number of alkyl halides is 1. The van der Waals surface area contributed by atoms with Crippen LogP contribution in [0.25, 0.3) is 0 Å². The van der Waals surface area contributed by atoms with E-state index in [-0.39, 0.29) is 6.67 Å². The molecule has 0 saturated heterocycles. The number of thioether (sulfide) groups is 1. The predicted molar refractivity (Wildman–Crippen MR) is 64.0 cm³/mol. The van der Waals surface area contributed by atoms with Gasteiger partial charge in [0, 0.05) is 12.3 Å². The standard InChI is InChI=1S/C10H17FN4S/c1-2-6-15-9(8-12)13-14-10(15)16-7-4-3-5-11/h2H,1,3-8,12H2. The smallest absolute Gasteiger partial charge is 0.191 e. The van der Waals surface area contributed by atoms with E-state index in [1.165, 1.54) is 0 Å². The molecule has 0 saturated carbocycles. The van der Waals surface area contributed by atoms with Crippen LogP contribution in [0.2, 0.25) is 0 Å². The maximum Gasteiger partial charge on any atom is 0.191 e. The second-order valence-electron chi connectivity index (χ2n) is 3.25. The van der Waals surface area contributed by atoms with Crippen molar-refractivity contribution in [2.75, 3.05) is 12.4 Å². The minimum absolute atomic E-state index is 0.256.